The minimum Gasteiger partial charge on any atom is -0.493 e. The van der Waals surface area contributed by atoms with Crippen molar-refractivity contribution in [1.29, 1.82) is 0 Å². The van der Waals surface area contributed by atoms with Gasteiger partial charge < -0.3 is 10.1 Å². The summed E-state index contributed by atoms with van der Waals surface area (Å²) in [5, 5.41) is 2.68. The van der Waals surface area contributed by atoms with Gasteiger partial charge in [-0.2, -0.15) is 0 Å². The number of alkyl halides is 1. The van der Waals surface area contributed by atoms with Crippen LogP contribution in [0.25, 0.3) is 0 Å². The van der Waals surface area contributed by atoms with Gasteiger partial charge in [-0.3, -0.25) is 9.69 Å². The smallest absolute Gasteiger partial charge is 0.225 e. The second kappa shape index (κ2) is 7.09. The Morgan fingerprint density at radius 3 is 2.55 bits per heavy atom. The van der Waals surface area contributed by atoms with Crippen LogP contribution in [0, 0.1) is 5.92 Å². The largest absolute Gasteiger partial charge is 0.493 e. The molecule has 1 aromatic rings. The molecule has 1 fully saturated rings. The maximum absolute atomic E-state index is 13.3. The maximum Gasteiger partial charge on any atom is 0.225 e. The molecule has 1 amide bonds. The Hall–Kier alpha value is -1.62. The molecule has 122 valence electrons. The predicted octanol–water partition coefficient (Wildman–Crippen LogP) is 2.38. The highest BCUT2D eigenvalue weighted by atomic mass is 19.1. The molecule has 0 spiro atoms. The Balaban J connectivity index is 1.73. The third-order valence-electron chi connectivity index (χ3n) is 3.87. The van der Waals surface area contributed by atoms with Crippen LogP contribution in [-0.4, -0.2) is 43.2 Å². The van der Waals surface area contributed by atoms with E-state index in [1.807, 2.05) is 24.3 Å². The van der Waals surface area contributed by atoms with Crippen molar-refractivity contribution in [3.8, 4) is 5.75 Å². The van der Waals surface area contributed by atoms with Crippen molar-refractivity contribution in [2.75, 3.05) is 26.7 Å². The fourth-order valence-corrected chi connectivity index (χ4v) is 2.43. The zero-order valence-corrected chi connectivity index (χ0v) is 13.6. The normalized spacial score (nSPS) is 16.2. The fourth-order valence-electron chi connectivity index (χ4n) is 2.43. The number of nitrogens with one attached hydrogen (secondary N) is 1. The molecular weight excluding hydrogens is 283 g/mol. The van der Waals surface area contributed by atoms with E-state index in [2.05, 4.69) is 10.2 Å². The van der Waals surface area contributed by atoms with E-state index in [-0.39, 0.29) is 11.8 Å². The van der Waals surface area contributed by atoms with Crippen molar-refractivity contribution in [3.05, 3.63) is 29.8 Å². The molecule has 1 aliphatic rings. The third-order valence-corrected chi connectivity index (χ3v) is 3.87. The lowest BCUT2D eigenvalue weighted by Gasteiger charge is -2.38. The number of carbonyl (C=O) groups excluding carboxylic acids is 1. The van der Waals surface area contributed by atoms with Crippen LogP contribution >= 0.6 is 0 Å². The minimum absolute atomic E-state index is 0.121. The van der Waals surface area contributed by atoms with E-state index in [1.54, 1.807) is 20.9 Å². The summed E-state index contributed by atoms with van der Waals surface area (Å²) in [4.78, 5) is 13.7. The van der Waals surface area contributed by atoms with Crippen LogP contribution in [-0.2, 0) is 11.3 Å². The van der Waals surface area contributed by atoms with Crippen LogP contribution in [0.1, 0.15) is 25.8 Å². The molecule has 0 radical (unpaired) electrons. The molecule has 1 heterocycles. The molecule has 5 heteroatoms. The van der Waals surface area contributed by atoms with Gasteiger partial charge >= 0.3 is 0 Å². The van der Waals surface area contributed by atoms with Crippen LogP contribution < -0.4 is 10.1 Å². The second-order valence-corrected chi connectivity index (χ2v) is 6.47. The van der Waals surface area contributed by atoms with E-state index in [0.29, 0.717) is 13.0 Å². The third kappa shape index (κ3) is 4.98. The number of nitrogens with zero attached hydrogens (tertiary/aromatic N) is 1. The molecule has 22 heavy (non-hydrogen) atoms. The molecule has 1 N–H and O–H groups in total. The summed E-state index contributed by atoms with van der Waals surface area (Å²) >= 11 is 0. The molecule has 4 nitrogen and oxygen atoms in total. The average Bonchev–Trinajstić information content (AvgIpc) is 2.42. The Kier molecular flexibility index (Phi) is 5.40. The topological polar surface area (TPSA) is 41.6 Å². The lowest BCUT2D eigenvalue weighted by Crippen LogP contribution is -2.52. The van der Waals surface area contributed by atoms with Crippen LogP contribution in [0.3, 0.4) is 0 Å². The Morgan fingerprint density at radius 2 is 2.00 bits per heavy atom. The summed E-state index contributed by atoms with van der Waals surface area (Å²) in [5.41, 5.74) is -0.00722. The Labute approximate surface area is 131 Å². The summed E-state index contributed by atoms with van der Waals surface area (Å²) in [6.07, 6.45) is 0.378. The van der Waals surface area contributed by atoms with E-state index in [9.17, 15) is 9.18 Å². The molecule has 0 atom stereocenters. The van der Waals surface area contributed by atoms with E-state index in [4.69, 9.17) is 4.74 Å². The molecule has 1 aliphatic heterocycles. The van der Waals surface area contributed by atoms with Gasteiger partial charge in [0.25, 0.3) is 0 Å². The highest BCUT2D eigenvalue weighted by molar-refractivity contribution is 5.79. The summed E-state index contributed by atoms with van der Waals surface area (Å²) in [6, 6.07) is 7.86. The number of halogens is 1. The quantitative estimate of drug-likeness (QED) is 0.841. The summed E-state index contributed by atoms with van der Waals surface area (Å²) in [6.45, 7) is 5.94. The zero-order valence-electron chi connectivity index (χ0n) is 13.6. The van der Waals surface area contributed by atoms with Crippen molar-refractivity contribution < 1.29 is 13.9 Å². The van der Waals surface area contributed by atoms with Crippen molar-refractivity contribution >= 4 is 5.91 Å². The standard InChI is InChI=1S/C17H25FN2O2/c1-17(2,18)8-9-22-15-6-4-13(5-7-15)10-20-11-14(12-20)16(21)19-3/h4-7,14H,8-12H2,1-3H3,(H,19,21). The van der Waals surface area contributed by atoms with Crippen LogP contribution in [0.2, 0.25) is 0 Å². The van der Waals surface area contributed by atoms with Gasteiger partial charge in [0.15, 0.2) is 0 Å². The first-order chi connectivity index (χ1) is 10.4. The lowest BCUT2D eigenvalue weighted by molar-refractivity contribution is -0.129. The maximum atomic E-state index is 13.3. The molecule has 0 unspecified atom stereocenters. The molecule has 1 aromatic carbocycles. The summed E-state index contributed by atoms with van der Waals surface area (Å²) in [5.74, 6) is 1.01. The van der Waals surface area contributed by atoms with Crippen molar-refractivity contribution in [2.45, 2.75) is 32.5 Å². The van der Waals surface area contributed by atoms with Gasteiger partial charge in [-0.05, 0) is 31.5 Å². The van der Waals surface area contributed by atoms with Gasteiger partial charge in [0.05, 0.1) is 12.5 Å². The van der Waals surface area contributed by atoms with Gasteiger partial charge in [-0.25, -0.2) is 4.39 Å². The number of hydrogen-bond acceptors (Lipinski definition) is 3. The highest BCUT2D eigenvalue weighted by Crippen LogP contribution is 2.21. The molecule has 0 aromatic heterocycles. The van der Waals surface area contributed by atoms with Gasteiger partial charge in [0.2, 0.25) is 5.91 Å². The van der Waals surface area contributed by atoms with E-state index in [1.165, 1.54) is 5.56 Å². The van der Waals surface area contributed by atoms with Gasteiger partial charge in [0, 0.05) is 33.1 Å². The van der Waals surface area contributed by atoms with E-state index in [0.717, 1.165) is 25.4 Å². The first-order valence-corrected chi connectivity index (χ1v) is 7.72. The van der Waals surface area contributed by atoms with E-state index < -0.39 is 5.67 Å². The number of hydrogen-bond donors (Lipinski definition) is 1. The number of likely N-dealkylation sites (tertiary alicyclic amines) is 1. The Bertz CT molecular complexity index is 490. The highest BCUT2D eigenvalue weighted by Gasteiger charge is 2.31. The van der Waals surface area contributed by atoms with Crippen molar-refractivity contribution in [2.24, 2.45) is 5.92 Å². The number of carbonyl (C=O) groups is 1. The van der Waals surface area contributed by atoms with Crippen LogP contribution in [0.5, 0.6) is 5.75 Å². The zero-order chi connectivity index (χ0) is 16.2. The predicted molar refractivity (Wildman–Crippen MR) is 84.6 cm³/mol. The number of amides is 1. The number of rotatable bonds is 7. The molecule has 0 saturated carbocycles. The molecule has 0 aliphatic carbocycles. The van der Waals surface area contributed by atoms with Crippen LogP contribution in [0.4, 0.5) is 4.39 Å². The first-order valence-electron chi connectivity index (χ1n) is 7.72. The summed E-state index contributed by atoms with van der Waals surface area (Å²) < 4.78 is 18.9. The van der Waals surface area contributed by atoms with Gasteiger partial charge in [-0.1, -0.05) is 12.1 Å². The number of ether oxygens (including phenoxy) is 1. The van der Waals surface area contributed by atoms with Gasteiger partial charge in [0.1, 0.15) is 11.4 Å². The molecular formula is C17H25FN2O2. The average molecular weight is 308 g/mol. The van der Waals surface area contributed by atoms with Crippen molar-refractivity contribution in [1.82, 2.24) is 10.2 Å². The number of benzene rings is 1. The summed E-state index contributed by atoms with van der Waals surface area (Å²) in [7, 11) is 1.67. The SMILES string of the molecule is CNC(=O)C1CN(Cc2ccc(OCCC(C)(C)F)cc2)C1. The molecule has 2 rings (SSSR count). The minimum atomic E-state index is -1.20. The first kappa shape index (κ1) is 16.7. The fraction of sp³-hybridized carbons (Fsp3) is 0.588. The Morgan fingerprint density at radius 1 is 1.36 bits per heavy atom. The molecule has 1 saturated heterocycles. The van der Waals surface area contributed by atoms with E-state index >= 15 is 0 Å². The monoisotopic (exact) mass is 308 g/mol. The lowest BCUT2D eigenvalue weighted by atomic mass is 9.98. The van der Waals surface area contributed by atoms with Gasteiger partial charge in [-0.15, -0.1) is 0 Å². The second-order valence-electron chi connectivity index (χ2n) is 6.47. The molecule has 0 bridgehead atoms. The van der Waals surface area contributed by atoms with Crippen LogP contribution in [0.15, 0.2) is 24.3 Å². The van der Waals surface area contributed by atoms with Crippen molar-refractivity contribution in [3.63, 3.8) is 0 Å².